The van der Waals surface area contributed by atoms with Crippen LogP contribution in [0.25, 0.3) is 0 Å². The molecule has 0 aromatic heterocycles. The van der Waals surface area contributed by atoms with Gasteiger partial charge in [-0.05, 0) is 57.4 Å². The molecule has 3 heteroatoms. The van der Waals surface area contributed by atoms with E-state index in [-0.39, 0.29) is 0 Å². The summed E-state index contributed by atoms with van der Waals surface area (Å²) >= 11 is 0. The van der Waals surface area contributed by atoms with Crippen molar-refractivity contribution in [2.24, 2.45) is 11.3 Å². The first-order chi connectivity index (χ1) is 8.60. The number of nitrogens with zero attached hydrogens (tertiary/aromatic N) is 1. The smallest absolute Gasteiger partial charge is 0.323 e. The number of rotatable bonds is 4. The van der Waals surface area contributed by atoms with Crippen LogP contribution in [0.15, 0.2) is 0 Å². The van der Waals surface area contributed by atoms with Gasteiger partial charge in [0.05, 0.1) is 0 Å². The highest BCUT2D eigenvalue weighted by atomic mass is 16.4. The molecular weight excluding hydrogens is 238 g/mol. The molecule has 1 aliphatic rings. The minimum Gasteiger partial charge on any atom is -0.480 e. The Hall–Kier alpha value is -0.570. The number of likely N-dealkylation sites (N-methyl/N-ethyl adjacent to an activating group) is 1. The van der Waals surface area contributed by atoms with E-state index in [4.69, 9.17) is 0 Å². The zero-order chi connectivity index (χ0) is 14.8. The lowest BCUT2D eigenvalue weighted by molar-refractivity contribution is -0.151. The molecule has 0 spiro atoms. The second-order valence-electron chi connectivity index (χ2n) is 7.52. The van der Waals surface area contributed by atoms with Crippen molar-refractivity contribution in [1.29, 1.82) is 0 Å². The van der Waals surface area contributed by atoms with Gasteiger partial charge in [0.25, 0.3) is 0 Å². The molecule has 0 aliphatic heterocycles. The van der Waals surface area contributed by atoms with E-state index in [1.54, 1.807) is 0 Å². The number of carboxylic acids is 1. The summed E-state index contributed by atoms with van der Waals surface area (Å²) in [6.45, 7) is 13.5. The molecule has 3 nitrogen and oxygen atoms in total. The molecule has 1 fully saturated rings. The van der Waals surface area contributed by atoms with Crippen LogP contribution in [0.2, 0.25) is 0 Å². The van der Waals surface area contributed by atoms with Crippen LogP contribution in [0.5, 0.6) is 0 Å². The highest BCUT2D eigenvalue weighted by Gasteiger charge is 2.40. The van der Waals surface area contributed by atoms with Crippen molar-refractivity contribution in [3.63, 3.8) is 0 Å². The van der Waals surface area contributed by atoms with Gasteiger partial charge in [-0.3, -0.25) is 9.69 Å². The van der Waals surface area contributed by atoms with Crippen LogP contribution in [0.3, 0.4) is 0 Å². The lowest BCUT2D eigenvalue weighted by Gasteiger charge is -2.45. The van der Waals surface area contributed by atoms with Crippen molar-refractivity contribution in [2.75, 3.05) is 6.54 Å². The summed E-state index contributed by atoms with van der Waals surface area (Å²) in [4.78, 5) is 13.6. The topological polar surface area (TPSA) is 40.5 Å². The summed E-state index contributed by atoms with van der Waals surface area (Å²) in [7, 11) is 0. The van der Waals surface area contributed by atoms with E-state index in [0.717, 1.165) is 25.3 Å². The normalized spacial score (nSPS) is 25.6. The Morgan fingerprint density at radius 2 is 1.58 bits per heavy atom. The fraction of sp³-hybridized carbons (Fsp3) is 0.938. The molecule has 1 saturated carbocycles. The molecular formula is C16H31NO2. The predicted octanol–water partition coefficient (Wildman–Crippen LogP) is 3.78. The fourth-order valence-corrected chi connectivity index (χ4v) is 3.49. The molecule has 0 saturated heterocycles. The zero-order valence-corrected chi connectivity index (χ0v) is 13.5. The Labute approximate surface area is 118 Å². The van der Waals surface area contributed by atoms with Gasteiger partial charge >= 0.3 is 5.97 Å². The molecule has 0 aromatic rings. The molecule has 0 atom stereocenters. The highest BCUT2D eigenvalue weighted by Crippen LogP contribution is 2.40. The van der Waals surface area contributed by atoms with E-state index < -0.39 is 11.5 Å². The summed E-state index contributed by atoms with van der Waals surface area (Å²) in [6.07, 6.45) is 4.71. The largest absolute Gasteiger partial charge is 0.480 e. The van der Waals surface area contributed by atoms with Gasteiger partial charge in [0.2, 0.25) is 0 Å². The maximum absolute atomic E-state index is 11.4. The number of carboxylic acid groups (broad SMARTS) is 1. The van der Waals surface area contributed by atoms with Crippen molar-refractivity contribution >= 4 is 5.97 Å². The van der Waals surface area contributed by atoms with Gasteiger partial charge in [0.15, 0.2) is 0 Å². The van der Waals surface area contributed by atoms with Crippen LogP contribution in [0.4, 0.5) is 0 Å². The average molecular weight is 269 g/mol. The van der Waals surface area contributed by atoms with E-state index in [1.165, 1.54) is 12.8 Å². The van der Waals surface area contributed by atoms with Gasteiger partial charge < -0.3 is 5.11 Å². The van der Waals surface area contributed by atoms with Crippen molar-refractivity contribution in [2.45, 2.75) is 78.8 Å². The molecule has 0 heterocycles. The second-order valence-corrected chi connectivity index (χ2v) is 7.52. The van der Waals surface area contributed by atoms with Crippen LogP contribution in [-0.4, -0.2) is 34.1 Å². The van der Waals surface area contributed by atoms with Gasteiger partial charge in [-0.2, -0.15) is 0 Å². The van der Waals surface area contributed by atoms with Gasteiger partial charge in [-0.15, -0.1) is 0 Å². The Balaban J connectivity index is 2.70. The molecule has 0 unspecified atom stereocenters. The van der Waals surface area contributed by atoms with Crippen LogP contribution < -0.4 is 0 Å². The Morgan fingerprint density at radius 3 is 1.89 bits per heavy atom. The van der Waals surface area contributed by atoms with Crippen LogP contribution in [-0.2, 0) is 4.79 Å². The third-order valence-electron chi connectivity index (χ3n) is 4.94. The van der Waals surface area contributed by atoms with Crippen molar-refractivity contribution in [1.82, 2.24) is 4.90 Å². The summed E-state index contributed by atoms with van der Waals surface area (Å²) in [5, 5.41) is 9.41. The van der Waals surface area contributed by atoms with E-state index in [0.29, 0.717) is 11.5 Å². The molecule has 0 aromatic carbocycles. The highest BCUT2D eigenvalue weighted by molar-refractivity contribution is 5.77. The minimum absolute atomic E-state index is 0.379. The number of hydrogen-bond acceptors (Lipinski definition) is 2. The van der Waals surface area contributed by atoms with Gasteiger partial charge in [0, 0.05) is 6.04 Å². The summed E-state index contributed by atoms with van der Waals surface area (Å²) in [6, 6.07) is 0.426. The average Bonchev–Trinajstić information content (AvgIpc) is 2.28. The molecule has 0 amide bonds. The van der Waals surface area contributed by atoms with Crippen molar-refractivity contribution < 1.29 is 9.90 Å². The maximum atomic E-state index is 11.4. The second kappa shape index (κ2) is 5.82. The monoisotopic (exact) mass is 269 g/mol. The molecule has 1 aliphatic carbocycles. The number of carbonyl (C=O) groups is 1. The lowest BCUT2D eigenvalue weighted by atomic mass is 9.71. The Kier molecular flexibility index (Phi) is 5.05. The molecule has 1 rings (SSSR count). The first-order valence-corrected chi connectivity index (χ1v) is 7.60. The van der Waals surface area contributed by atoms with Crippen molar-refractivity contribution in [3.8, 4) is 0 Å². The van der Waals surface area contributed by atoms with Crippen LogP contribution >= 0.6 is 0 Å². The Bertz CT molecular complexity index is 309. The van der Waals surface area contributed by atoms with Crippen LogP contribution in [0, 0.1) is 11.3 Å². The van der Waals surface area contributed by atoms with E-state index >= 15 is 0 Å². The molecule has 19 heavy (non-hydrogen) atoms. The van der Waals surface area contributed by atoms with E-state index in [1.807, 2.05) is 13.8 Å². The van der Waals surface area contributed by atoms with E-state index in [2.05, 4.69) is 32.6 Å². The third-order valence-corrected chi connectivity index (χ3v) is 4.94. The third kappa shape index (κ3) is 3.71. The molecule has 112 valence electrons. The molecule has 0 radical (unpaired) electrons. The van der Waals surface area contributed by atoms with E-state index in [9.17, 15) is 9.90 Å². The standard InChI is InChI=1S/C16H31NO2/c1-7-17(16(5,6)14(18)19)13-10-8-12(9-11-13)15(2,3)4/h12-13H,7-11H2,1-6H3,(H,18,19). The van der Waals surface area contributed by atoms with Crippen LogP contribution in [0.1, 0.15) is 67.2 Å². The Morgan fingerprint density at radius 1 is 1.11 bits per heavy atom. The quantitative estimate of drug-likeness (QED) is 0.844. The molecule has 1 N–H and O–H groups in total. The SMILES string of the molecule is CCN(C1CCC(C(C)(C)C)CC1)C(C)(C)C(=O)O. The molecule has 0 bridgehead atoms. The minimum atomic E-state index is -0.756. The van der Waals surface area contributed by atoms with Gasteiger partial charge in [-0.25, -0.2) is 0 Å². The number of hydrogen-bond donors (Lipinski definition) is 1. The zero-order valence-electron chi connectivity index (χ0n) is 13.5. The number of aliphatic carboxylic acids is 1. The summed E-state index contributed by atoms with van der Waals surface area (Å²) in [5.41, 5.74) is -0.377. The lowest BCUT2D eigenvalue weighted by Crippen LogP contribution is -2.55. The fourth-order valence-electron chi connectivity index (χ4n) is 3.49. The first kappa shape index (κ1) is 16.5. The van der Waals surface area contributed by atoms with Gasteiger partial charge in [-0.1, -0.05) is 27.7 Å². The predicted molar refractivity (Wildman–Crippen MR) is 79.3 cm³/mol. The first-order valence-electron chi connectivity index (χ1n) is 7.60. The summed E-state index contributed by atoms with van der Waals surface area (Å²) < 4.78 is 0. The summed E-state index contributed by atoms with van der Waals surface area (Å²) in [5.74, 6) is 0.0580. The van der Waals surface area contributed by atoms with Gasteiger partial charge in [0.1, 0.15) is 5.54 Å². The van der Waals surface area contributed by atoms with Crippen molar-refractivity contribution in [3.05, 3.63) is 0 Å². The maximum Gasteiger partial charge on any atom is 0.323 e.